The summed E-state index contributed by atoms with van der Waals surface area (Å²) in [6, 6.07) is 14.2. The Bertz CT molecular complexity index is 726. The fourth-order valence-electron chi connectivity index (χ4n) is 2.21. The fraction of sp³-hybridized carbons (Fsp3) is 0.235. The lowest BCUT2D eigenvalue weighted by Gasteiger charge is -2.02. The lowest BCUT2D eigenvalue weighted by atomic mass is 10.0. The van der Waals surface area contributed by atoms with Crippen LogP contribution >= 0.6 is 0 Å². The largest absolute Gasteiger partial charge is 0.436 e. The third-order valence-corrected chi connectivity index (χ3v) is 3.52. The molecule has 0 amide bonds. The minimum absolute atomic E-state index is 0.483. The highest BCUT2D eigenvalue weighted by Gasteiger charge is 2.09. The number of hydrogen-bond donors (Lipinski definition) is 1. The monoisotopic (exact) mass is 266 g/mol. The quantitative estimate of drug-likeness (QED) is 0.777. The highest BCUT2D eigenvalue weighted by atomic mass is 16.3. The molecule has 3 rings (SSSR count). The minimum atomic E-state index is 0.483. The van der Waals surface area contributed by atoms with Gasteiger partial charge in [-0.05, 0) is 41.3 Å². The fourth-order valence-corrected chi connectivity index (χ4v) is 2.21. The van der Waals surface area contributed by atoms with Crippen LogP contribution in [0.15, 0.2) is 46.9 Å². The summed E-state index contributed by atoms with van der Waals surface area (Å²) in [6.45, 7) is 4.89. The molecule has 102 valence electrons. The molecule has 0 saturated carbocycles. The molecular weight excluding hydrogens is 248 g/mol. The second-order valence-corrected chi connectivity index (χ2v) is 5.30. The molecule has 0 saturated heterocycles. The Kier molecular flexibility index (Phi) is 3.28. The molecule has 3 heteroatoms. The summed E-state index contributed by atoms with van der Waals surface area (Å²) >= 11 is 0. The second kappa shape index (κ2) is 5.10. The zero-order valence-electron chi connectivity index (χ0n) is 11.8. The van der Waals surface area contributed by atoms with E-state index < -0.39 is 0 Å². The van der Waals surface area contributed by atoms with Gasteiger partial charge < -0.3 is 10.2 Å². The lowest BCUT2D eigenvalue weighted by Crippen LogP contribution is -1.95. The van der Waals surface area contributed by atoms with Crippen molar-refractivity contribution in [2.45, 2.75) is 26.3 Å². The van der Waals surface area contributed by atoms with Crippen molar-refractivity contribution in [3.63, 3.8) is 0 Å². The first-order valence-electron chi connectivity index (χ1n) is 6.87. The van der Waals surface area contributed by atoms with E-state index in [4.69, 9.17) is 10.2 Å². The molecule has 0 radical (unpaired) electrons. The molecule has 3 nitrogen and oxygen atoms in total. The molecule has 0 bridgehead atoms. The first-order chi connectivity index (χ1) is 9.67. The summed E-state index contributed by atoms with van der Waals surface area (Å²) in [5.41, 5.74) is 10.7. The summed E-state index contributed by atoms with van der Waals surface area (Å²) in [5.74, 6) is 1.14. The zero-order valence-corrected chi connectivity index (χ0v) is 11.8. The van der Waals surface area contributed by atoms with Crippen LogP contribution in [0.3, 0.4) is 0 Å². The van der Waals surface area contributed by atoms with E-state index in [1.54, 1.807) is 0 Å². The molecule has 20 heavy (non-hydrogen) atoms. The SMILES string of the molecule is CC(C)c1ccc2nc(-c3ccc(CN)cc3)oc2c1. The number of nitrogens with two attached hydrogens (primary N) is 1. The van der Waals surface area contributed by atoms with Gasteiger partial charge in [0, 0.05) is 12.1 Å². The van der Waals surface area contributed by atoms with Gasteiger partial charge >= 0.3 is 0 Å². The number of fused-ring (bicyclic) bond motifs is 1. The third kappa shape index (κ3) is 2.32. The average Bonchev–Trinajstić information content (AvgIpc) is 2.90. The molecule has 0 aliphatic heterocycles. The number of oxazole rings is 1. The van der Waals surface area contributed by atoms with Gasteiger partial charge in [0.2, 0.25) is 5.89 Å². The molecule has 1 aromatic heterocycles. The average molecular weight is 266 g/mol. The summed E-state index contributed by atoms with van der Waals surface area (Å²) in [6.07, 6.45) is 0. The number of nitrogens with zero attached hydrogens (tertiary/aromatic N) is 1. The molecule has 0 fully saturated rings. The molecule has 1 heterocycles. The van der Waals surface area contributed by atoms with Crippen LogP contribution in [0.25, 0.3) is 22.6 Å². The Morgan fingerprint density at radius 3 is 2.50 bits per heavy atom. The smallest absolute Gasteiger partial charge is 0.227 e. The van der Waals surface area contributed by atoms with E-state index in [2.05, 4.69) is 31.0 Å². The first kappa shape index (κ1) is 12.9. The van der Waals surface area contributed by atoms with Gasteiger partial charge in [0.05, 0.1) is 0 Å². The lowest BCUT2D eigenvalue weighted by molar-refractivity contribution is 0.619. The number of aromatic nitrogens is 1. The Hall–Kier alpha value is -2.13. The van der Waals surface area contributed by atoms with Crippen LogP contribution in [-0.4, -0.2) is 4.98 Å². The van der Waals surface area contributed by atoms with Gasteiger partial charge in [-0.1, -0.05) is 32.0 Å². The third-order valence-electron chi connectivity index (χ3n) is 3.52. The van der Waals surface area contributed by atoms with Crippen LogP contribution in [-0.2, 0) is 6.54 Å². The molecular formula is C17H18N2O. The van der Waals surface area contributed by atoms with E-state index in [9.17, 15) is 0 Å². The second-order valence-electron chi connectivity index (χ2n) is 5.30. The van der Waals surface area contributed by atoms with Gasteiger partial charge in [-0.3, -0.25) is 0 Å². The number of benzene rings is 2. The van der Waals surface area contributed by atoms with E-state index in [1.807, 2.05) is 30.3 Å². The molecule has 0 atom stereocenters. The Morgan fingerprint density at radius 1 is 1.10 bits per heavy atom. The maximum Gasteiger partial charge on any atom is 0.227 e. The minimum Gasteiger partial charge on any atom is -0.436 e. The number of rotatable bonds is 3. The summed E-state index contributed by atoms with van der Waals surface area (Å²) < 4.78 is 5.88. The van der Waals surface area contributed by atoms with Crippen LogP contribution in [0.4, 0.5) is 0 Å². The first-order valence-corrected chi connectivity index (χ1v) is 6.87. The van der Waals surface area contributed by atoms with E-state index in [0.29, 0.717) is 18.4 Å². The Morgan fingerprint density at radius 2 is 1.85 bits per heavy atom. The topological polar surface area (TPSA) is 52.0 Å². The van der Waals surface area contributed by atoms with Gasteiger partial charge in [-0.15, -0.1) is 0 Å². The van der Waals surface area contributed by atoms with Crippen LogP contribution in [0.1, 0.15) is 30.9 Å². The standard InChI is InChI=1S/C17H18N2O/c1-11(2)14-7-8-15-16(9-14)20-17(19-15)13-5-3-12(10-18)4-6-13/h3-9,11H,10,18H2,1-2H3. The van der Waals surface area contributed by atoms with Crippen LogP contribution in [0.2, 0.25) is 0 Å². The molecule has 2 N–H and O–H groups in total. The summed E-state index contributed by atoms with van der Waals surface area (Å²) in [5, 5.41) is 0. The van der Waals surface area contributed by atoms with Crippen LogP contribution in [0, 0.1) is 0 Å². The predicted molar refractivity (Wildman–Crippen MR) is 81.4 cm³/mol. The summed E-state index contributed by atoms with van der Waals surface area (Å²) in [4.78, 5) is 4.54. The van der Waals surface area contributed by atoms with Crippen molar-refractivity contribution in [1.82, 2.24) is 4.98 Å². The van der Waals surface area contributed by atoms with Crippen molar-refractivity contribution in [2.75, 3.05) is 0 Å². The van der Waals surface area contributed by atoms with E-state index in [1.165, 1.54) is 5.56 Å². The van der Waals surface area contributed by atoms with Gasteiger partial charge in [-0.2, -0.15) is 0 Å². The van der Waals surface area contributed by atoms with Crippen molar-refractivity contribution in [1.29, 1.82) is 0 Å². The predicted octanol–water partition coefficient (Wildman–Crippen LogP) is 4.08. The van der Waals surface area contributed by atoms with Crippen molar-refractivity contribution < 1.29 is 4.42 Å². The van der Waals surface area contributed by atoms with Gasteiger partial charge in [-0.25, -0.2) is 4.98 Å². The maximum absolute atomic E-state index is 5.88. The molecule has 3 aromatic rings. The molecule has 0 aliphatic rings. The highest BCUT2D eigenvalue weighted by molar-refractivity contribution is 5.77. The normalized spacial score (nSPS) is 11.4. The van der Waals surface area contributed by atoms with Crippen molar-refractivity contribution in [3.8, 4) is 11.5 Å². The van der Waals surface area contributed by atoms with Gasteiger partial charge in [0.25, 0.3) is 0 Å². The summed E-state index contributed by atoms with van der Waals surface area (Å²) in [7, 11) is 0. The number of hydrogen-bond acceptors (Lipinski definition) is 3. The van der Waals surface area contributed by atoms with E-state index in [0.717, 1.165) is 22.2 Å². The van der Waals surface area contributed by atoms with E-state index in [-0.39, 0.29) is 0 Å². The van der Waals surface area contributed by atoms with Gasteiger partial charge in [0.1, 0.15) is 5.52 Å². The highest BCUT2D eigenvalue weighted by Crippen LogP contribution is 2.27. The Balaban J connectivity index is 2.03. The zero-order chi connectivity index (χ0) is 14.1. The van der Waals surface area contributed by atoms with E-state index >= 15 is 0 Å². The van der Waals surface area contributed by atoms with Gasteiger partial charge in [0.15, 0.2) is 5.58 Å². The van der Waals surface area contributed by atoms with Crippen molar-refractivity contribution in [3.05, 3.63) is 53.6 Å². The van der Waals surface area contributed by atoms with Crippen molar-refractivity contribution >= 4 is 11.1 Å². The molecule has 0 unspecified atom stereocenters. The van der Waals surface area contributed by atoms with Crippen LogP contribution in [0.5, 0.6) is 0 Å². The Labute approximate surface area is 118 Å². The van der Waals surface area contributed by atoms with Crippen molar-refractivity contribution in [2.24, 2.45) is 5.73 Å². The van der Waals surface area contributed by atoms with Crippen LogP contribution < -0.4 is 5.73 Å². The molecule has 0 spiro atoms. The maximum atomic E-state index is 5.88. The molecule has 0 aliphatic carbocycles. The molecule has 2 aromatic carbocycles.